The van der Waals surface area contributed by atoms with Crippen LogP contribution in [0.4, 0.5) is 0 Å². The minimum Gasteiger partial charge on any atom is -0.504 e. The maximum absolute atomic E-state index is 13.5. The van der Waals surface area contributed by atoms with Crippen molar-refractivity contribution in [3.05, 3.63) is 41.0 Å². The monoisotopic (exact) mass is 414 g/mol. The Kier molecular flexibility index (Phi) is 4.13. The molecular weight excluding hydrogens is 392 g/mol. The molecule has 0 amide bonds. The van der Waals surface area contributed by atoms with E-state index >= 15 is 0 Å². The van der Waals surface area contributed by atoms with Gasteiger partial charge in [0, 0.05) is 36.1 Å². The summed E-state index contributed by atoms with van der Waals surface area (Å²) in [4.78, 5) is 13.5. The van der Waals surface area contributed by atoms with Crippen molar-refractivity contribution < 1.29 is 39.1 Å². The Hall–Kier alpha value is -2.97. The number of fused-ring (bicyclic) bond motifs is 6. The van der Waals surface area contributed by atoms with Gasteiger partial charge in [0.2, 0.25) is 5.78 Å². The van der Waals surface area contributed by atoms with Gasteiger partial charge in [0.05, 0.1) is 12.7 Å². The molecule has 0 fully saturated rings. The number of hydrogen-bond acceptors (Lipinski definition) is 8. The largest absolute Gasteiger partial charge is 0.504 e. The van der Waals surface area contributed by atoms with E-state index in [1.54, 1.807) is 12.1 Å². The van der Waals surface area contributed by atoms with Crippen LogP contribution in [-0.2, 0) is 12.0 Å². The van der Waals surface area contributed by atoms with Crippen molar-refractivity contribution in [2.75, 3.05) is 20.3 Å². The normalized spacial score (nSPS) is 26.9. The number of methoxy groups -OCH3 is 1. The lowest BCUT2D eigenvalue weighted by atomic mass is 9.77. The standard InChI is InChI=1S/C22H22O8/c1-10(8-23)16-5-12-15(29-16)4-3-11-20(12)30-19-9-28-17-7-14(24)18(27-2)6-13(17)22(19,26)21(11)25/h3-4,6-7,10,16,19,23-24,26H,5,8-9H2,1-2H3/t10-,16-,19-,22-/m1/s1. The van der Waals surface area contributed by atoms with Gasteiger partial charge in [-0.1, -0.05) is 6.92 Å². The number of hydrogen-bond donors (Lipinski definition) is 3. The van der Waals surface area contributed by atoms with Crippen LogP contribution < -0.4 is 18.9 Å². The van der Waals surface area contributed by atoms with Gasteiger partial charge < -0.3 is 34.3 Å². The van der Waals surface area contributed by atoms with E-state index in [1.165, 1.54) is 19.2 Å². The van der Waals surface area contributed by atoms with Crippen LogP contribution in [0.3, 0.4) is 0 Å². The molecule has 4 atom stereocenters. The number of phenols is 1. The summed E-state index contributed by atoms with van der Waals surface area (Å²) in [6.07, 6.45) is -0.690. The van der Waals surface area contributed by atoms with Crippen LogP contribution in [-0.4, -0.2) is 53.6 Å². The minimum absolute atomic E-state index is 0.0116. The van der Waals surface area contributed by atoms with Crippen molar-refractivity contribution in [3.8, 4) is 28.7 Å². The topological polar surface area (TPSA) is 115 Å². The first-order valence-electron chi connectivity index (χ1n) is 9.80. The maximum Gasteiger partial charge on any atom is 0.206 e. The van der Waals surface area contributed by atoms with E-state index in [1.807, 2.05) is 6.92 Å². The Labute approximate surface area is 172 Å². The van der Waals surface area contributed by atoms with Crippen LogP contribution in [0.5, 0.6) is 28.7 Å². The summed E-state index contributed by atoms with van der Waals surface area (Å²) in [6.45, 7) is 1.81. The number of phenolic OH excluding ortho intramolecular Hbond substituents is 1. The van der Waals surface area contributed by atoms with Gasteiger partial charge in [-0.25, -0.2) is 0 Å². The van der Waals surface area contributed by atoms with E-state index in [4.69, 9.17) is 18.9 Å². The van der Waals surface area contributed by atoms with Crippen molar-refractivity contribution in [3.63, 3.8) is 0 Å². The molecule has 3 aliphatic heterocycles. The highest BCUT2D eigenvalue weighted by Gasteiger charge is 2.56. The highest BCUT2D eigenvalue weighted by atomic mass is 16.6. The van der Waals surface area contributed by atoms with E-state index < -0.39 is 17.5 Å². The van der Waals surface area contributed by atoms with E-state index in [-0.39, 0.29) is 53.6 Å². The second-order valence-corrected chi connectivity index (χ2v) is 7.97. The fourth-order valence-corrected chi connectivity index (χ4v) is 4.39. The molecule has 8 nitrogen and oxygen atoms in total. The molecule has 0 saturated heterocycles. The third kappa shape index (κ3) is 2.44. The summed E-state index contributed by atoms with van der Waals surface area (Å²) < 4.78 is 22.9. The molecule has 3 N–H and O–H groups in total. The van der Waals surface area contributed by atoms with Gasteiger partial charge in [0.1, 0.15) is 30.0 Å². The predicted octanol–water partition coefficient (Wildman–Crippen LogP) is 1.56. The number of aliphatic hydroxyl groups is 2. The first-order chi connectivity index (χ1) is 14.4. The Bertz CT molecular complexity index is 1050. The Morgan fingerprint density at radius 1 is 1.27 bits per heavy atom. The van der Waals surface area contributed by atoms with Crippen LogP contribution in [0.1, 0.15) is 28.4 Å². The number of aromatic hydroxyl groups is 1. The molecule has 5 rings (SSSR count). The quantitative estimate of drug-likeness (QED) is 0.693. The van der Waals surface area contributed by atoms with Gasteiger partial charge in [-0.2, -0.15) is 0 Å². The molecule has 3 heterocycles. The van der Waals surface area contributed by atoms with Gasteiger partial charge in [0.15, 0.2) is 23.2 Å². The second kappa shape index (κ2) is 6.52. The molecule has 30 heavy (non-hydrogen) atoms. The summed E-state index contributed by atoms with van der Waals surface area (Å²) in [5.74, 6) is 0.587. The van der Waals surface area contributed by atoms with Crippen LogP contribution >= 0.6 is 0 Å². The molecule has 0 unspecified atom stereocenters. The lowest BCUT2D eigenvalue weighted by Crippen LogP contribution is -2.57. The Morgan fingerprint density at radius 2 is 2.07 bits per heavy atom. The number of rotatable bonds is 3. The van der Waals surface area contributed by atoms with Crippen molar-refractivity contribution >= 4 is 5.78 Å². The smallest absolute Gasteiger partial charge is 0.206 e. The average molecular weight is 414 g/mol. The highest BCUT2D eigenvalue weighted by molar-refractivity contribution is 6.07. The van der Waals surface area contributed by atoms with Gasteiger partial charge in [-0.15, -0.1) is 0 Å². The molecule has 2 aromatic carbocycles. The first kappa shape index (κ1) is 19.0. The molecule has 3 aliphatic rings. The number of aliphatic hydroxyl groups excluding tert-OH is 1. The van der Waals surface area contributed by atoms with Crippen LogP contribution in [0.25, 0.3) is 0 Å². The molecule has 0 bridgehead atoms. The summed E-state index contributed by atoms with van der Waals surface area (Å²) in [7, 11) is 1.38. The van der Waals surface area contributed by atoms with Crippen molar-refractivity contribution in [1.29, 1.82) is 0 Å². The number of carbonyl (C=O) groups excluding carboxylic acids is 1. The first-order valence-corrected chi connectivity index (χ1v) is 9.80. The second-order valence-electron chi connectivity index (χ2n) is 7.97. The fourth-order valence-electron chi connectivity index (χ4n) is 4.39. The molecule has 8 heteroatoms. The number of carbonyl (C=O) groups is 1. The molecular formula is C22H22O8. The van der Waals surface area contributed by atoms with Gasteiger partial charge >= 0.3 is 0 Å². The summed E-state index contributed by atoms with van der Waals surface area (Å²) in [5, 5.41) is 31.0. The van der Waals surface area contributed by atoms with Gasteiger partial charge in [0.25, 0.3) is 0 Å². The van der Waals surface area contributed by atoms with Gasteiger partial charge in [-0.05, 0) is 18.2 Å². The van der Waals surface area contributed by atoms with Crippen LogP contribution in [0.2, 0.25) is 0 Å². The summed E-state index contributed by atoms with van der Waals surface area (Å²) in [5.41, 5.74) is -0.782. The lowest BCUT2D eigenvalue weighted by molar-refractivity contribution is -0.0802. The van der Waals surface area contributed by atoms with Crippen molar-refractivity contribution in [1.82, 2.24) is 0 Å². The molecule has 0 radical (unpaired) electrons. The average Bonchev–Trinajstić information content (AvgIpc) is 3.19. The molecule has 0 spiro atoms. The molecule has 2 aromatic rings. The van der Waals surface area contributed by atoms with Crippen molar-refractivity contribution in [2.45, 2.75) is 31.2 Å². The van der Waals surface area contributed by atoms with E-state index in [0.29, 0.717) is 17.9 Å². The summed E-state index contributed by atoms with van der Waals surface area (Å²) in [6, 6.07) is 6.01. The Balaban J connectivity index is 1.60. The SMILES string of the molecule is COc1cc2c(cc1O)OC[C@H]1Oc3c(ccc4c3C[C@H]([C@H](C)CO)O4)C(=O)[C@@]21O. The molecule has 0 aromatic heterocycles. The minimum atomic E-state index is -1.98. The fraction of sp³-hybridized carbons (Fsp3) is 0.409. The third-order valence-corrected chi connectivity index (χ3v) is 6.22. The highest BCUT2D eigenvalue weighted by Crippen LogP contribution is 2.51. The number of ketones is 1. The lowest BCUT2D eigenvalue weighted by Gasteiger charge is -2.43. The zero-order valence-corrected chi connectivity index (χ0v) is 16.5. The number of ether oxygens (including phenoxy) is 4. The molecule has 0 aliphatic carbocycles. The van der Waals surface area contributed by atoms with Gasteiger partial charge in [-0.3, -0.25) is 4.79 Å². The zero-order chi connectivity index (χ0) is 21.2. The number of Topliss-reactive ketones (excluding diaryl/α,β-unsaturated/α-hetero) is 1. The van der Waals surface area contributed by atoms with E-state index in [2.05, 4.69) is 0 Å². The van der Waals surface area contributed by atoms with E-state index in [9.17, 15) is 20.1 Å². The zero-order valence-electron chi connectivity index (χ0n) is 16.5. The third-order valence-electron chi connectivity index (χ3n) is 6.22. The molecule has 0 saturated carbocycles. The predicted molar refractivity (Wildman–Crippen MR) is 104 cm³/mol. The Morgan fingerprint density at radius 3 is 2.80 bits per heavy atom. The number of benzene rings is 2. The van der Waals surface area contributed by atoms with Crippen LogP contribution in [0, 0.1) is 5.92 Å². The molecule has 158 valence electrons. The summed E-state index contributed by atoms with van der Waals surface area (Å²) >= 11 is 0. The van der Waals surface area contributed by atoms with Crippen LogP contribution in [0.15, 0.2) is 24.3 Å². The van der Waals surface area contributed by atoms with E-state index in [0.717, 1.165) is 5.56 Å². The maximum atomic E-state index is 13.5. The van der Waals surface area contributed by atoms with Crippen molar-refractivity contribution in [2.24, 2.45) is 5.92 Å².